The molecule has 104 valence electrons. The van der Waals surface area contributed by atoms with Gasteiger partial charge in [0, 0.05) is 30.8 Å². The van der Waals surface area contributed by atoms with Crippen LogP contribution >= 0.6 is 0 Å². The van der Waals surface area contributed by atoms with E-state index in [2.05, 4.69) is 10.6 Å². The van der Waals surface area contributed by atoms with Crippen LogP contribution in [0.1, 0.15) is 24.1 Å². The van der Waals surface area contributed by atoms with Gasteiger partial charge in [0.2, 0.25) is 0 Å². The first kappa shape index (κ1) is 14.9. The molecule has 0 spiro atoms. The molecule has 0 aromatic heterocycles. The third-order valence-corrected chi connectivity index (χ3v) is 2.80. The molecule has 1 aromatic rings. The lowest BCUT2D eigenvalue weighted by Crippen LogP contribution is -2.36. The second-order valence-corrected chi connectivity index (χ2v) is 4.27. The van der Waals surface area contributed by atoms with Crippen molar-refractivity contribution in [3.05, 3.63) is 39.4 Å². The number of carbonyl (C=O) groups is 1. The monoisotopic (exact) mass is 266 g/mol. The molecule has 1 aromatic carbocycles. The van der Waals surface area contributed by atoms with Gasteiger partial charge in [-0.3, -0.25) is 10.1 Å². The van der Waals surface area contributed by atoms with Crippen LogP contribution in [0.5, 0.6) is 0 Å². The molecule has 0 aliphatic carbocycles. The quantitative estimate of drug-likeness (QED) is 0.408. The first-order valence-corrected chi connectivity index (χ1v) is 5.93. The molecular formula is C12H18N4O3. The van der Waals surface area contributed by atoms with Crippen LogP contribution in [0.15, 0.2) is 18.2 Å². The highest BCUT2D eigenvalue weighted by Crippen LogP contribution is 2.22. The zero-order valence-corrected chi connectivity index (χ0v) is 11.0. The number of nitrogens with one attached hydrogen (secondary N) is 2. The van der Waals surface area contributed by atoms with Crippen LogP contribution in [0.25, 0.3) is 0 Å². The number of nitrogens with zero attached hydrogens (tertiary/aromatic N) is 1. The summed E-state index contributed by atoms with van der Waals surface area (Å²) in [5, 5.41) is 16.5. The van der Waals surface area contributed by atoms with E-state index in [1.165, 1.54) is 0 Å². The maximum absolute atomic E-state index is 10.9. The van der Waals surface area contributed by atoms with Crippen LogP contribution in [0.2, 0.25) is 0 Å². The van der Waals surface area contributed by atoms with Gasteiger partial charge in [0.25, 0.3) is 5.69 Å². The Balaban J connectivity index is 2.62. The van der Waals surface area contributed by atoms with Crippen molar-refractivity contribution in [2.24, 2.45) is 5.73 Å². The summed E-state index contributed by atoms with van der Waals surface area (Å²) in [4.78, 5) is 20.9. The lowest BCUT2D eigenvalue weighted by molar-refractivity contribution is -0.385. The van der Waals surface area contributed by atoms with Gasteiger partial charge in [-0.25, -0.2) is 4.79 Å². The van der Waals surface area contributed by atoms with E-state index in [1.54, 1.807) is 19.1 Å². The SMILES string of the molecule is Cc1ccc(C(C)NCCNC(N)=O)cc1[N+](=O)[O-]. The summed E-state index contributed by atoms with van der Waals surface area (Å²) in [5.41, 5.74) is 6.52. The Labute approximate surface area is 111 Å². The van der Waals surface area contributed by atoms with E-state index >= 15 is 0 Å². The maximum atomic E-state index is 10.9. The van der Waals surface area contributed by atoms with Crippen molar-refractivity contribution in [3.63, 3.8) is 0 Å². The van der Waals surface area contributed by atoms with E-state index in [1.807, 2.05) is 13.0 Å². The van der Waals surface area contributed by atoms with Crippen LogP contribution in [-0.4, -0.2) is 24.0 Å². The van der Waals surface area contributed by atoms with E-state index in [9.17, 15) is 14.9 Å². The highest BCUT2D eigenvalue weighted by atomic mass is 16.6. The predicted molar refractivity (Wildman–Crippen MR) is 71.8 cm³/mol. The van der Waals surface area contributed by atoms with E-state index in [-0.39, 0.29) is 16.7 Å². The summed E-state index contributed by atoms with van der Waals surface area (Å²) in [6.07, 6.45) is 0. The predicted octanol–water partition coefficient (Wildman–Crippen LogP) is 1.22. The Morgan fingerprint density at radius 2 is 2.16 bits per heavy atom. The molecule has 1 atom stereocenters. The Morgan fingerprint density at radius 3 is 2.74 bits per heavy atom. The molecule has 1 rings (SSSR count). The Bertz CT molecular complexity index is 476. The summed E-state index contributed by atoms with van der Waals surface area (Å²) in [6, 6.07) is 4.53. The van der Waals surface area contributed by atoms with Gasteiger partial charge in [-0.15, -0.1) is 0 Å². The molecule has 0 bridgehead atoms. The highest BCUT2D eigenvalue weighted by molar-refractivity contribution is 5.71. The van der Waals surface area contributed by atoms with Gasteiger partial charge in [-0.2, -0.15) is 0 Å². The maximum Gasteiger partial charge on any atom is 0.312 e. The molecular weight excluding hydrogens is 248 g/mol. The lowest BCUT2D eigenvalue weighted by Gasteiger charge is -2.14. The number of urea groups is 1. The third-order valence-electron chi connectivity index (χ3n) is 2.80. The number of carbonyl (C=O) groups excluding carboxylic acids is 1. The molecule has 4 N–H and O–H groups in total. The molecule has 0 aliphatic heterocycles. The Kier molecular flexibility index (Phi) is 5.25. The average Bonchev–Trinajstić information content (AvgIpc) is 2.34. The minimum absolute atomic E-state index is 0.0472. The van der Waals surface area contributed by atoms with Crippen molar-refractivity contribution >= 4 is 11.7 Å². The summed E-state index contributed by atoms with van der Waals surface area (Å²) < 4.78 is 0. The summed E-state index contributed by atoms with van der Waals surface area (Å²) in [7, 11) is 0. The van der Waals surface area contributed by atoms with Gasteiger partial charge >= 0.3 is 6.03 Å². The van der Waals surface area contributed by atoms with Crippen molar-refractivity contribution in [2.75, 3.05) is 13.1 Å². The number of nitro groups is 1. The number of nitrogens with two attached hydrogens (primary N) is 1. The minimum Gasteiger partial charge on any atom is -0.352 e. The van der Waals surface area contributed by atoms with Crippen molar-refractivity contribution in [3.8, 4) is 0 Å². The normalized spacial score (nSPS) is 11.9. The van der Waals surface area contributed by atoms with Gasteiger partial charge < -0.3 is 16.4 Å². The van der Waals surface area contributed by atoms with Gasteiger partial charge in [0.15, 0.2) is 0 Å². The Morgan fingerprint density at radius 1 is 1.47 bits per heavy atom. The summed E-state index contributed by atoms with van der Waals surface area (Å²) in [6.45, 7) is 4.55. The van der Waals surface area contributed by atoms with Crippen LogP contribution in [-0.2, 0) is 0 Å². The molecule has 1 unspecified atom stereocenters. The van der Waals surface area contributed by atoms with E-state index in [0.29, 0.717) is 18.7 Å². The van der Waals surface area contributed by atoms with Crippen molar-refractivity contribution in [2.45, 2.75) is 19.9 Å². The number of aryl methyl sites for hydroxylation is 1. The van der Waals surface area contributed by atoms with E-state index < -0.39 is 6.03 Å². The summed E-state index contributed by atoms with van der Waals surface area (Å²) in [5.74, 6) is 0. The topological polar surface area (TPSA) is 110 Å². The zero-order valence-electron chi connectivity index (χ0n) is 11.0. The van der Waals surface area contributed by atoms with Crippen molar-refractivity contribution in [1.82, 2.24) is 10.6 Å². The largest absolute Gasteiger partial charge is 0.352 e. The second kappa shape index (κ2) is 6.69. The van der Waals surface area contributed by atoms with Gasteiger partial charge in [-0.1, -0.05) is 12.1 Å². The van der Waals surface area contributed by atoms with E-state index in [0.717, 1.165) is 5.56 Å². The molecule has 0 saturated heterocycles. The molecule has 7 heteroatoms. The smallest absolute Gasteiger partial charge is 0.312 e. The zero-order chi connectivity index (χ0) is 14.4. The van der Waals surface area contributed by atoms with Crippen LogP contribution in [0.4, 0.5) is 10.5 Å². The number of benzene rings is 1. The number of primary amides is 1. The van der Waals surface area contributed by atoms with Gasteiger partial charge in [0.05, 0.1) is 4.92 Å². The number of rotatable bonds is 6. The molecule has 0 aliphatic rings. The third kappa shape index (κ3) is 4.55. The van der Waals surface area contributed by atoms with Crippen molar-refractivity contribution in [1.29, 1.82) is 0 Å². The lowest BCUT2D eigenvalue weighted by atomic mass is 10.0. The van der Waals surface area contributed by atoms with E-state index in [4.69, 9.17) is 5.73 Å². The van der Waals surface area contributed by atoms with Crippen LogP contribution in [0.3, 0.4) is 0 Å². The first-order chi connectivity index (χ1) is 8.91. The fourth-order valence-corrected chi connectivity index (χ4v) is 1.68. The van der Waals surface area contributed by atoms with Crippen LogP contribution in [0, 0.1) is 17.0 Å². The Hall–Kier alpha value is -2.15. The average molecular weight is 266 g/mol. The first-order valence-electron chi connectivity index (χ1n) is 5.93. The molecule has 0 saturated carbocycles. The van der Waals surface area contributed by atoms with Crippen LogP contribution < -0.4 is 16.4 Å². The molecule has 0 radical (unpaired) electrons. The number of amides is 2. The number of hydrogen-bond acceptors (Lipinski definition) is 4. The molecule has 2 amide bonds. The molecule has 0 heterocycles. The molecule has 19 heavy (non-hydrogen) atoms. The highest BCUT2D eigenvalue weighted by Gasteiger charge is 2.13. The van der Waals surface area contributed by atoms with Crippen molar-refractivity contribution < 1.29 is 9.72 Å². The molecule has 7 nitrogen and oxygen atoms in total. The standard InChI is InChI=1S/C12H18N4O3/c1-8-3-4-10(7-11(8)16(18)19)9(2)14-5-6-15-12(13)17/h3-4,7,9,14H,5-6H2,1-2H3,(H3,13,15,17). The number of nitro benzene ring substituents is 1. The summed E-state index contributed by atoms with van der Waals surface area (Å²) >= 11 is 0. The van der Waals surface area contributed by atoms with Gasteiger partial charge in [0.1, 0.15) is 0 Å². The molecule has 0 fully saturated rings. The van der Waals surface area contributed by atoms with Gasteiger partial charge in [-0.05, 0) is 19.4 Å². The number of hydrogen-bond donors (Lipinski definition) is 3. The fourth-order valence-electron chi connectivity index (χ4n) is 1.68. The fraction of sp³-hybridized carbons (Fsp3) is 0.417. The second-order valence-electron chi connectivity index (χ2n) is 4.27. The minimum atomic E-state index is -0.569.